The molecule has 0 N–H and O–H groups in total. The van der Waals surface area contributed by atoms with Gasteiger partial charge in [-0.15, -0.1) is 0 Å². The summed E-state index contributed by atoms with van der Waals surface area (Å²) < 4.78 is 11.0. The van der Waals surface area contributed by atoms with Crippen molar-refractivity contribution in [2.75, 3.05) is 7.11 Å². The van der Waals surface area contributed by atoms with Crippen molar-refractivity contribution < 1.29 is 4.74 Å². The molecule has 0 fully saturated rings. The molecule has 0 aromatic carbocycles. The van der Waals surface area contributed by atoms with Crippen molar-refractivity contribution in [2.45, 2.75) is 13.8 Å². The quantitative estimate of drug-likeness (QED) is 0.515. The Hall–Kier alpha value is -3.53. The predicted molar refractivity (Wildman–Crippen MR) is 103 cm³/mol. The SMILES string of the molecule is COc1cc(-c2cnn(C)c2)cn2ncc(C#Cc3c(C)nn(C)c3C)c12. The third-order valence-corrected chi connectivity index (χ3v) is 4.67. The van der Waals surface area contributed by atoms with Gasteiger partial charge in [0.15, 0.2) is 0 Å². The number of aryl methyl sites for hydroxylation is 3. The standard InChI is InChI=1S/C20H20N6O/c1-13-18(14(2)25(4)23-13)7-6-15-9-22-26-12-16(8-19(27-5)20(15)26)17-10-21-24(3)11-17/h8-12H,1-5H3. The molecule has 0 spiro atoms. The van der Waals surface area contributed by atoms with Crippen molar-refractivity contribution in [1.82, 2.24) is 29.2 Å². The van der Waals surface area contributed by atoms with E-state index in [-0.39, 0.29) is 0 Å². The second-order valence-electron chi connectivity index (χ2n) is 6.47. The topological polar surface area (TPSA) is 62.2 Å². The zero-order valence-electron chi connectivity index (χ0n) is 16.0. The van der Waals surface area contributed by atoms with Gasteiger partial charge in [0.25, 0.3) is 0 Å². The summed E-state index contributed by atoms with van der Waals surface area (Å²) >= 11 is 0. The van der Waals surface area contributed by atoms with Crippen molar-refractivity contribution in [3.63, 3.8) is 0 Å². The Morgan fingerprint density at radius 2 is 1.81 bits per heavy atom. The van der Waals surface area contributed by atoms with E-state index in [9.17, 15) is 0 Å². The summed E-state index contributed by atoms with van der Waals surface area (Å²) in [7, 11) is 5.47. The van der Waals surface area contributed by atoms with Crippen molar-refractivity contribution in [3.05, 3.63) is 53.4 Å². The summed E-state index contributed by atoms with van der Waals surface area (Å²) in [6.07, 6.45) is 7.50. The third kappa shape index (κ3) is 2.85. The lowest BCUT2D eigenvalue weighted by atomic mass is 10.1. The average Bonchev–Trinajstić information content (AvgIpc) is 3.32. The van der Waals surface area contributed by atoms with Crippen LogP contribution in [0.15, 0.2) is 30.9 Å². The Kier molecular flexibility index (Phi) is 3.96. The fourth-order valence-electron chi connectivity index (χ4n) is 3.14. The van der Waals surface area contributed by atoms with Crippen LogP contribution in [0.3, 0.4) is 0 Å². The summed E-state index contributed by atoms with van der Waals surface area (Å²) in [6.45, 7) is 3.98. The number of nitrogens with zero attached hydrogens (tertiary/aromatic N) is 6. The molecule has 0 aliphatic heterocycles. The molecule has 4 aromatic rings. The molecule has 0 radical (unpaired) electrons. The molecule has 0 saturated carbocycles. The normalized spacial score (nSPS) is 10.9. The molecule has 4 rings (SSSR count). The van der Waals surface area contributed by atoms with E-state index < -0.39 is 0 Å². The zero-order valence-corrected chi connectivity index (χ0v) is 16.0. The van der Waals surface area contributed by atoms with E-state index in [1.165, 1.54) is 0 Å². The van der Waals surface area contributed by atoms with Crippen LogP contribution in [0.25, 0.3) is 16.6 Å². The molecule has 0 unspecified atom stereocenters. The molecule has 0 saturated heterocycles. The van der Waals surface area contributed by atoms with Gasteiger partial charge in [-0.25, -0.2) is 4.52 Å². The van der Waals surface area contributed by atoms with Crippen LogP contribution in [0.4, 0.5) is 0 Å². The number of aromatic nitrogens is 6. The first-order valence-corrected chi connectivity index (χ1v) is 8.54. The van der Waals surface area contributed by atoms with E-state index in [1.54, 1.807) is 22.5 Å². The zero-order chi connectivity index (χ0) is 19.1. The lowest BCUT2D eigenvalue weighted by molar-refractivity contribution is 0.417. The Labute approximate surface area is 157 Å². The van der Waals surface area contributed by atoms with Gasteiger partial charge in [0.1, 0.15) is 11.3 Å². The lowest BCUT2D eigenvalue weighted by Gasteiger charge is -2.06. The molecule has 4 aromatic heterocycles. The third-order valence-electron chi connectivity index (χ3n) is 4.67. The van der Waals surface area contributed by atoms with Crippen LogP contribution in [0, 0.1) is 25.7 Å². The van der Waals surface area contributed by atoms with Crippen LogP contribution in [0.2, 0.25) is 0 Å². The van der Waals surface area contributed by atoms with E-state index in [1.807, 2.05) is 57.3 Å². The number of hydrogen-bond acceptors (Lipinski definition) is 4. The molecular weight excluding hydrogens is 340 g/mol. The molecule has 136 valence electrons. The second-order valence-corrected chi connectivity index (χ2v) is 6.47. The highest BCUT2D eigenvalue weighted by Gasteiger charge is 2.13. The first-order chi connectivity index (χ1) is 13.0. The molecule has 4 heterocycles. The second kappa shape index (κ2) is 6.32. The number of rotatable bonds is 2. The smallest absolute Gasteiger partial charge is 0.146 e. The fraction of sp³-hybridized carbons (Fsp3) is 0.250. The number of hydrogen-bond donors (Lipinski definition) is 0. The molecular formula is C20H20N6O. The van der Waals surface area contributed by atoms with Gasteiger partial charge in [-0.1, -0.05) is 11.8 Å². The Bertz CT molecular complexity index is 1210. The summed E-state index contributed by atoms with van der Waals surface area (Å²) in [5.41, 5.74) is 6.55. The Balaban J connectivity index is 1.83. The summed E-state index contributed by atoms with van der Waals surface area (Å²) in [5, 5.41) is 13.1. The predicted octanol–water partition coefficient (Wildman–Crippen LogP) is 2.49. The van der Waals surface area contributed by atoms with Gasteiger partial charge in [-0.05, 0) is 19.9 Å². The minimum atomic E-state index is 0.720. The number of ether oxygens (including phenoxy) is 1. The van der Waals surface area contributed by atoms with Gasteiger partial charge in [-0.2, -0.15) is 15.3 Å². The molecule has 0 bridgehead atoms. The first-order valence-electron chi connectivity index (χ1n) is 8.54. The number of fused-ring (bicyclic) bond motifs is 1. The molecule has 0 aliphatic carbocycles. The van der Waals surface area contributed by atoms with Crippen LogP contribution in [-0.4, -0.2) is 36.3 Å². The molecule has 7 heteroatoms. The van der Waals surface area contributed by atoms with Crippen molar-refractivity contribution in [3.8, 4) is 28.7 Å². The number of pyridine rings is 1. The maximum absolute atomic E-state index is 5.63. The van der Waals surface area contributed by atoms with Crippen molar-refractivity contribution in [2.24, 2.45) is 14.1 Å². The van der Waals surface area contributed by atoms with E-state index in [0.717, 1.165) is 44.9 Å². The molecule has 0 atom stereocenters. The first kappa shape index (κ1) is 16.9. The Morgan fingerprint density at radius 1 is 1.00 bits per heavy atom. The minimum Gasteiger partial charge on any atom is -0.494 e. The molecule has 27 heavy (non-hydrogen) atoms. The summed E-state index contributed by atoms with van der Waals surface area (Å²) in [5.74, 6) is 7.20. The van der Waals surface area contributed by atoms with Gasteiger partial charge in [0.2, 0.25) is 0 Å². The van der Waals surface area contributed by atoms with Crippen LogP contribution >= 0.6 is 0 Å². The monoisotopic (exact) mass is 360 g/mol. The van der Waals surface area contributed by atoms with Crippen molar-refractivity contribution >= 4 is 5.52 Å². The van der Waals surface area contributed by atoms with E-state index in [2.05, 4.69) is 27.1 Å². The molecule has 0 amide bonds. The van der Waals surface area contributed by atoms with E-state index in [4.69, 9.17) is 4.74 Å². The average molecular weight is 360 g/mol. The van der Waals surface area contributed by atoms with E-state index >= 15 is 0 Å². The molecule has 7 nitrogen and oxygen atoms in total. The van der Waals surface area contributed by atoms with Crippen LogP contribution in [0.1, 0.15) is 22.5 Å². The lowest BCUT2D eigenvalue weighted by Crippen LogP contribution is -1.94. The van der Waals surface area contributed by atoms with Gasteiger partial charge in [0, 0.05) is 37.6 Å². The van der Waals surface area contributed by atoms with Crippen LogP contribution in [-0.2, 0) is 14.1 Å². The largest absolute Gasteiger partial charge is 0.494 e. The summed E-state index contributed by atoms with van der Waals surface area (Å²) in [4.78, 5) is 0. The highest BCUT2D eigenvalue weighted by molar-refractivity contribution is 5.75. The van der Waals surface area contributed by atoms with Crippen LogP contribution in [0.5, 0.6) is 5.75 Å². The highest BCUT2D eigenvalue weighted by Crippen LogP contribution is 2.29. The van der Waals surface area contributed by atoms with Crippen LogP contribution < -0.4 is 4.74 Å². The Morgan fingerprint density at radius 3 is 2.44 bits per heavy atom. The maximum atomic E-state index is 5.63. The van der Waals surface area contributed by atoms with Gasteiger partial charge in [-0.3, -0.25) is 9.36 Å². The van der Waals surface area contributed by atoms with Gasteiger partial charge in [0.05, 0.1) is 42.0 Å². The highest BCUT2D eigenvalue weighted by atomic mass is 16.5. The molecule has 0 aliphatic rings. The van der Waals surface area contributed by atoms with Gasteiger partial charge < -0.3 is 4.74 Å². The van der Waals surface area contributed by atoms with Gasteiger partial charge >= 0.3 is 0 Å². The van der Waals surface area contributed by atoms with E-state index in [0.29, 0.717) is 0 Å². The number of methoxy groups -OCH3 is 1. The minimum absolute atomic E-state index is 0.720. The summed E-state index contributed by atoms with van der Waals surface area (Å²) in [6, 6.07) is 1.99. The van der Waals surface area contributed by atoms with Crippen molar-refractivity contribution in [1.29, 1.82) is 0 Å². The maximum Gasteiger partial charge on any atom is 0.146 e. The fourth-order valence-corrected chi connectivity index (χ4v) is 3.14.